The first-order valence-corrected chi connectivity index (χ1v) is 15.9. The maximum Gasteiger partial charge on any atom is 0.309 e. The minimum atomic E-state index is -0.509. The highest BCUT2D eigenvalue weighted by molar-refractivity contribution is 5.97. The quantitative estimate of drug-likeness (QED) is 0.342. The van der Waals surface area contributed by atoms with Crippen LogP contribution in [0.2, 0.25) is 0 Å². The summed E-state index contributed by atoms with van der Waals surface area (Å²) in [5, 5.41) is 0. The molecule has 3 saturated carbocycles. The molecule has 0 aromatic carbocycles. The third-order valence-electron chi connectivity index (χ3n) is 14.7. The van der Waals surface area contributed by atoms with Crippen LogP contribution >= 0.6 is 0 Å². The van der Waals surface area contributed by atoms with Crippen molar-refractivity contribution in [2.24, 2.45) is 68.5 Å². The zero-order valence-corrected chi connectivity index (χ0v) is 26.6. The number of Topliss-reactive ketones (excluding diaryl/α,β-unsaturated/α-hetero) is 1. The van der Waals surface area contributed by atoms with Crippen molar-refractivity contribution in [2.75, 3.05) is 0 Å². The largest absolute Gasteiger partial charge is 0.462 e. The number of ether oxygens (including phenoxy) is 1. The molecule has 1 aliphatic heterocycles. The molecule has 0 aromatic heterocycles. The average Bonchev–Trinajstić information content (AvgIpc) is 3.27. The van der Waals surface area contributed by atoms with E-state index < -0.39 is 5.41 Å². The van der Waals surface area contributed by atoms with E-state index in [0.29, 0.717) is 35.9 Å². The minimum Gasteiger partial charge on any atom is -0.462 e. The van der Waals surface area contributed by atoms with Gasteiger partial charge in [0.15, 0.2) is 5.78 Å². The van der Waals surface area contributed by atoms with E-state index in [1.807, 2.05) is 13.8 Å². The van der Waals surface area contributed by atoms with Gasteiger partial charge in [-0.15, -0.1) is 0 Å². The van der Waals surface area contributed by atoms with Crippen LogP contribution in [0, 0.1) is 68.5 Å². The van der Waals surface area contributed by atoms with Crippen molar-refractivity contribution < 1.29 is 19.1 Å². The Labute approximate surface area is 237 Å². The van der Waals surface area contributed by atoms with E-state index in [-0.39, 0.29) is 57.3 Å². The Morgan fingerprint density at radius 2 is 1.59 bits per heavy atom. The lowest BCUT2D eigenvalue weighted by molar-refractivity contribution is -0.159. The molecule has 0 spiro atoms. The van der Waals surface area contributed by atoms with Crippen LogP contribution in [0.4, 0.5) is 0 Å². The van der Waals surface area contributed by atoms with E-state index in [9.17, 15) is 14.4 Å². The number of hydrogen-bond acceptors (Lipinski definition) is 4. The van der Waals surface area contributed by atoms with Crippen molar-refractivity contribution in [3.05, 3.63) is 11.6 Å². The van der Waals surface area contributed by atoms with Crippen molar-refractivity contribution in [1.82, 2.24) is 0 Å². The molecule has 218 valence electrons. The van der Waals surface area contributed by atoms with Crippen molar-refractivity contribution in [1.29, 1.82) is 0 Å². The maximum absolute atomic E-state index is 14.1. The summed E-state index contributed by atoms with van der Waals surface area (Å²) < 4.78 is 5.48. The summed E-state index contributed by atoms with van der Waals surface area (Å²) in [4.78, 5) is 40.3. The van der Waals surface area contributed by atoms with Crippen LogP contribution in [0.15, 0.2) is 11.6 Å². The van der Waals surface area contributed by atoms with Gasteiger partial charge in [-0.1, -0.05) is 74.8 Å². The summed E-state index contributed by atoms with van der Waals surface area (Å²) in [5.41, 5.74) is 0.396. The van der Waals surface area contributed by atoms with Crippen LogP contribution < -0.4 is 0 Å². The maximum atomic E-state index is 14.1. The molecule has 39 heavy (non-hydrogen) atoms. The second-order valence-electron chi connectivity index (χ2n) is 16.4. The summed E-state index contributed by atoms with van der Waals surface area (Å²) in [5.74, 6) is 2.44. The first-order chi connectivity index (χ1) is 17.9. The van der Waals surface area contributed by atoms with Crippen LogP contribution in [0.25, 0.3) is 0 Å². The van der Waals surface area contributed by atoms with Crippen LogP contribution in [0.3, 0.4) is 0 Å². The number of carbonyl (C=O) groups excluding carboxylic acids is 3. The highest BCUT2D eigenvalue weighted by Gasteiger charge is 2.70. The second-order valence-corrected chi connectivity index (χ2v) is 16.4. The smallest absolute Gasteiger partial charge is 0.309 e. The summed E-state index contributed by atoms with van der Waals surface area (Å²) in [7, 11) is 0. The van der Waals surface area contributed by atoms with Gasteiger partial charge >= 0.3 is 5.97 Å². The molecule has 4 heteroatoms. The standard InChI is InChI=1S/C35H54O4/c1-19-17-33(9)25-14-21(3)35(11)27(31(6,7)28(36)15-24-22(4)30(38)39-23(24)5)12-13-32(35,8)26(25)16-29(37)34(33,10)18-20(19)2/h16,19-25,27H,12-15,17-18H2,1-11H3/t19-,20+,21+,22+,23-,24-,25?,27+,32-,33+,34-,35+/m0/s1. The van der Waals surface area contributed by atoms with Gasteiger partial charge < -0.3 is 4.74 Å². The lowest BCUT2D eigenvalue weighted by Crippen LogP contribution is -2.62. The van der Waals surface area contributed by atoms with Gasteiger partial charge in [0.1, 0.15) is 11.9 Å². The average molecular weight is 539 g/mol. The van der Waals surface area contributed by atoms with Gasteiger partial charge in [-0.05, 0) is 90.9 Å². The molecule has 0 aromatic rings. The Hall–Kier alpha value is -1.45. The molecule has 4 aliphatic carbocycles. The lowest BCUT2D eigenvalue weighted by Gasteiger charge is -2.66. The molecule has 0 bridgehead atoms. The zero-order valence-electron chi connectivity index (χ0n) is 26.6. The molecule has 0 radical (unpaired) electrons. The molecule has 4 nitrogen and oxygen atoms in total. The molecule has 4 fully saturated rings. The van der Waals surface area contributed by atoms with E-state index in [4.69, 9.17) is 4.74 Å². The number of ketones is 2. The Balaban J connectivity index is 1.51. The van der Waals surface area contributed by atoms with Gasteiger partial charge in [0, 0.05) is 23.2 Å². The summed E-state index contributed by atoms with van der Waals surface area (Å²) in [6.45, 7) is 24.9. The molecule has 5 aliphatic rings. The van der Waals surface area contributed by atoms with E-state index in [0.717, 1.165) is 32.1 Å². The van der Waals surface area contributed by atoms with Gasteiger partial charge in [0.05, 0.1) is 5.92 Å². The highest BCUT2D eigenvalue weighted by Crippen LogP contribution is 2.76. The Morgan fingerprint density at radius 1 is 0.974 bits per heavy atom. The Kier molecular flexibility index (Phi) is 6.54. The summed E-state index contributed by atoms with van der Waals surface area (Å²) in [6, 6.07) is 0. The van der Waals surface area contributed by atoms with Gasteiger partial charge in [0.2, 0.25) is 0 Å². The monoisotopic (exact) mass is 538 g/mol. The zero-order chi connectivity index (χ0) is 29.1. The van der Waals surface area contributed by atoms with Crippen LogP contribution in [0.5, 0.6) is 0 Å². The molecule has 12 atom stereocenters. The predicted octanol–water partition coefficient (Wildman–Crippen LogP) is 7.84. The fraction of sp³-hybridized carbons (Fsp3) is 0.857. The fourth-order valence-electron chi connectivity index (χ4n) is 11.2. The topological polar surface area (TPSA) is 60.4 Å². The molecular formula is C35H54O4. The van der Waals surface area contributed by atoms with Crippen molar-refractivity contribution >= 4 is 17.5 Å². The SMILES string of the molecule is C[C@@H]1C[C@@]2(C)C(=O)C=C3C(C[C@@H](C)[C@]4(C)[C@@H](C(C)(C)C(=O)C[C@@H]5[C@H](C)OC(=O)[C@@H]5C)CC[C@@]34C)[C@@]2(C)C[C@@H]1C. The van der Waals surface area contributed by atoms with Crippen LogP contribution in [-0.4, -0.2) is 23.6 Å². The minimum absolute atomic E-state index is 0.0244. The van der Waals surface area contributed by atoms with E-state index >= 15 is 0 Å². The molecule has 1 heterocycles. The number of allylic oxidation sites excluding steroid dienone is 2. The molecular weight excluding hydrogens is 484 g/mol. The normalized spacial score (nSPS) is 51.5. The van der Waals surface area contributed by atoms with E-state index in [2.05, 4.69) is 68.4 Å². The van der Waals surface area contributed by atoms with Crippen LogP contribution in [-0.2, 0) is 19.1 Å². The second kappa shape index (κ2) is 8.78. The van der Waals surface area contributed by atoms with Gasteiger partial charge in [0.25, 0.3) is 0 Å². The Morgan fingerprint density at radius 3 is 2.18 bits per heavy atom. The van der Waals surface area contributed by atoms with Crippen molar-refractivity contribution in [3.8, 4) is 0 Å². The fourth-order valence-corrected chi connectivity index (χ4v) is 11.2. The molecule has 0 amide bonds. The number of carbonyl (C=O) groups is 3. The van der Waals surface area contributed by atoms with E-state index in [1.165, 1.54) is 5.57 Å². The molecule has 5 rings (SSSR count). The number of esters is 1. The van der Waals surface area contributed by atoms with Gasteiger partial charge in [-0.3, -0.25) is 14.4 Å². The Bertz CT molecular complexity index is 1120. The molecule has 1 saturated heterocycles. The van der Waals surface area contributed by atoms with E-state index in [1.54, 1.807) is 0 Å². The first kappa shape index (κ1) is 29.1. The third kappa shape index (κ3) is 3.57. The highest BCUT2D eigenvalue weighted by atomic mass is 16.6. The molecule has 1 unspecified atom stereocenters. The lowest BCUT2D eigenvalue weighted by atomic mass is 9.37. The number of hydrogen-bond donors (Lipinski definition) is 0. The summed E-state index contributed by atoms with van der Waals surface area (Å²) in [6.07, 6.45) is 7.53. The first-order valence-electron chi connectivity index (χ1n) is 15.9. The number of fused-ring (bicyclic) bond motifs is 5. The van der Waals surface area contributed by atoms with Crippen molar-refractivity contribution in [3.63, 3.8) is 0 Å². The van der Waals surface area contributed by atoms with Gasteiger partial charge in [-0.2, -0.15) is 0 Å². The molecule has 0 N–H and O–H groups in total. The summed E-state index contributed by atoms with van der Waals surface area (Å²) >= 11 is 0. The van der Waals surface area contributed by atoms with Crippen molar-refractivity contribution in [2.45, 2.75) is 121 Å². The van der Waals surface area contributed by atoms with Gasteiger partial charge in [-0.25, -0.2) is 0 Å². The van der Waals surface area contributed by atoms with Crippen LogP contribution in [0.1, 0.15) is 115 Å². The predicted molar refractivity (Wildman–Crippen MR) is 155 cm³/mol. The third-order valence-corrected chi connectivity index (χ3v) is 14.7. The number of cyclic esters (lactones) is 1. The number of rotatable bonds is 4.